The number of halogens is 2. The van der Waals surface area contributed by atoms with Gasteiger partial charge >= 0.3 is 0 Å². The van der Waals surface area contributed by atoms with E-state index in [2.05, 4.69) is 15.9 Å². The zero-order valence-corrected chi connectivity index (χ0v) is 10.1. The number of aryl methyl sites for hydroxylation is 1. The highest BCUT2D eigenvalue weighted by Gasteiger charge is 2.05. The zero-order chi connectivity index (χ0) is 8.97. The molecule has 0 saturated heterocycles. The number of carbonyl (C=O) groups excluding carboxylic acids is 1. The topological polar surface area (TPSA) is 47.0 Å². The summed E-state index contributed by atoms with van der Waals surface area (Å²) in [7, 11) is 0. The third-order valence-corrected chi connectivity index (χ3v) is 1.84. The molecule has 0 bridgehead atoms. The lowest BCUT2D eigenvalue weighted by atomic mass is 10.3. The Morgan fingerprint density at radius 2 is 2.31 bits per heavy atom. The third kappa shape index (κ3) is 3.87. The Labute approximate surface area is 95.8 Å². The fourth-order valence-electron chi connectivity index (χ4n) is 0.904. The molecule has 13 heavy (non-hydrogen) atoms. The van der Waals surface area contributed by atoms with Gasteiger partial charge in [-0.1, -0.05) is 15.9 Å². The van der Waals surface area contributed by atoms with E-state index in [4.69, 9.17) is 5.73 Å². The Hall–Kier alpha value is -0.420. The second kappa shape index (κ2) is 6.10. The van der Waals surface area contributed by atoms with Gasteiger partial charge in [0.15, 0.2) is 18.9 Å². The minimum Gasteiger partial charge on any atom is -1.00 e. The van der Waals surface area contributed by atoms with Crippen molar-refractivity contribution in [3.63, 3.8) is 0 Å². The Bertz CT molecular complexity index is 291. The van der Waals surface area contributed by atoms with Gasteiger partial charge in [-0.2, -0.15) is 0 Å². The first kappa shape index (κ1) is 12.6. The van der Waals surface area contributed by atoms with Crippen LogP contribution in [0.15, 0.2) is 24.5 Å². The minimum atomic E-state index is -0.390. The van der Waals surface area contributed by atoms with E-state index in [1.165, 1.54) is 0 Å². The van der Waals surface area contributed by atoms with Gasteiger partial charge in [0.2, 0.25) is 0 Å². The Morgan fingerprint density at radius 3 is 2.85 bits per heavy atom. The first-order valence-electron chi connectivity index (χ1n) is 3.59. The number of pyridine rings is 1. The molecule has 0 fully saturated rings. The second-order valence-corrected chi connectivity index (χ2v) is 3.18. The van der Waals surface area contributed by atoms with Crippen LogP contribution in [-0.4, -0.2) is 11.2 Å². The van der Waals surface area contributed by atoms with E-state index in [-0.39, 0.29) is 22.9 Å². The highest BCUT2D eigenvalue weighted by molar-refractivity contribution is 9.09. The van der Waals surface area contributed by atoms with Gasteiger partial charge in [0.05, 0.1) is 5.33 Å². The van der Waals surface area contributed by atoms with E-state index in [1.54, 1.807) is 12.3 Å². The maximum absolute atomic E-state index is 10.8. The quantitative estimate of drug-likeness (QED) is 0.486. The smallest absolute Gasteiger partial charge is 0.254 e. The van der Waals surface area contributed by atoms with Crippen molar-refractivity contribution in [3.05, 3.63) is 30.1 Å². The van der Waals surface area contributed by atoms with Crippen LogP contribution in [0.2, 0.25) is 0 Å². The van der Waals surface area contributed by atoms with Gasteiger partial charge in [-0.25, -0.2) is 4.57 Å². The fraction of sp³-hybridized carbons (Fsp3) is 0.250. The lowest BCUT2D eigenvalue weighted by Gasteiger charge is -1.94. The summed E-state index contributed by atoms with van der Waals surface area (Å²) in [6, 6.07) is 3.51. The van der Waals surface area contributed by atoms with E-state index in [0.717, 1.165) is 11.9 Å². The molecule has 1 aromatic rings. The minimum absolute atomic E-state index is 0. The Balaban J connectivity index is 0.00000144. The molecule has 2 N–H and O–H groups in total. The van der Waals surface area contributed by atoms with Crippen molar-refractivity contribution in [2.24, 2.45) is 5.73 Å². The van der Waals surface area contributed by atoms with Crippen LogP contribution in [0.4, 0.5) is 0 Å². The van der Waals surface area contributed by atoms with Crippen molar-refractivity contribution >= 4 is 21.8 Å². The number of rotatable bonds is 3. The number of carbonyl (C=O) groups is 1. The van der Waals surface area contributed by atoms with Crippen LogP contribution < -0.4 is 27.3 Å². The van der Waals surface area contributed by atoms with Gasteiger partial charge in [0.25, 0.3) is 5.91 Å². The first-order valence-corrected chi connectivity index (χ1v) is 4.71. The van der Waals surface area contributed by atoms with E-state index in [1.807, 2.05) is 16.8 Å². The summed E-state index contributed by atoms with van der Waals surface area (Å²) in [6.45, 7) is 0.834. The first-order chi connectivity index (χ1) is 5.74. The van der Waals surface area contributed by atoms with Gasteiger partial charge in [-0.05, 0) is 6.07 Å². The number of alkyl halides is 1. The van der Waals surface area contributed by atoms with Gasteiger partial charge < -0.3 is 22.7 Å². The molecule has 0 aliphatic rings. The second-order valence-electron chi connectivity index (χ2n) is 2.38. The summed E-state index contributed by atoms with van der Waals surface area (Å²) in [5, 5.41) is 0.861. The van der Waals surface area contributed by atoms with Crippen LogP contribution in [0.1, 0.15) is 10.4 Å². The van der Waals surface area contributed by atoms with Crippen LogP contribution in [0.5, 0.6) is 0 Å². The van der Waals surface area contributed by atoms with Crippen LogP contribution in [0, 0.1) is 0 Å². The molecule has 3 nitrogen and oxygen atoms in total. The summed E-state index contributed by atoms with van der Waals surface area (Å²) in [4.78, 5) is 10.8. The molecule has 0 aliphatic carbocycles. The number of nitrogens with two attached hydrogens (primary N) is 1. The molecule has 0 spiro atoms. The monoisotopic (exact) mass is 308 g/mol. The molecule has 0 saturated carbocycles. The number of amides is 1. The van der Waals surface area contributed by atoms with E-state index < -0.39 is 0 Å². The van der Waals surface area contributed by atoms with Crippen LogP contribution in [0.3, 0.4) is 0 Å². The van der Waals surface area contributed by atoms with Crippen molar-refractivity contribution in [2.75, 3.05) is 5.33 Å². The highest BCUT2D eigenvalue weighted by atomic mass is 79.9. The van der Waals surface area contributed by atoms with Gasteiger partial charge in [-0.3, -0.25) is 4.79 Å². The maximum Gasteiger partial charge on any atom is 0.254 e. The summed E-state index contributed by atoms with van der Waals surface area (Å²) < 4.78 is 1.91. The normalized spacial score (nSPS) is 9.00. The van der Waals surface area contributed by atoms with Crippen molar-refractivity contribution in [3.8, 4) is 0 Å². The van der Waals surface area contributed by atoms with Gasteiger partial charge in [0.1, 0.15) is 5.56 Å². The number of nitrogens with zero attached hydrogens (tertiary/aromatic N) is 1. The van der Waals surface area contributed by atoms with E-state index in [0.29, 0.717) is 5.56 Å². The molecule has 1 amide bonds. The highest BCUT2D eigenvalue weighted by Crippen LogP contribution is 1.92. The van der Waals surface area contributed by atoms with Crippen LogP contribution in [-0.2, 0) is 6.54 Å². The lowest BCUT2D eigenvalue weighted by Crippen LogP contribution is -3.00. The average Bonchev–Trinajstić information content (AvgIpc) is 2.05. The molecular formula is C8H10Br2N2O. The molecule has 0 aromatic carbocycles. The Kier molecular flexibility index (Phi) is 5.90. The summed E-state index contributed by atoms with van der Waals surface area (Å²) in [5.41, 5.74) is 5.66. The molecular weight excluding hydrogens is 300 g/mol. The molecule has 72 valence electrons. The largest absolute Gasteiger partial charge is 1.00 e. The van der Waals surface area contributed by atoms with E-state index in [9.17, 15) is 4.79 Å². The molecule has 1 aromatic heterocycles. The van der Waals surface area contributed by atoms with Gasteiger partial charge in [-0.15, -0.1) is 0 Å². The maximum atomic E-state index is 10.8. The number of primary amides is 1. The van der Waals surface area contributed by atoms with Crippen molar-refractivity contribution in [1.82, 2.24) is 0 Å². The van der Waals surface area contributed by atoms with Crippen LogP contribution in [0.25, 0.3) is 0 Å². The summed E-state index contributed by atoms with van der Waals surface area (Å²) in [6.07, 6.45) is 3.64. The number of aromatic nitrogens is 1. The standard InChI is InChI=1S/C8H9BrN2O.BrH/c9-3-5-11-4-1-2-7(6-11)8(10)12;/h1-2,4,6H,3,5H2,(H-,10,12);1H. The van der Waals surface area contributed by atoms with Gasteiger partial charge in [0, 0.05) is 6.07 Å². The molecule has 0 unspecified atom stereocenters. The molecule has 1 rings (SSSR count). The molecule has 0 radical (unpaired) electrons. The fourth-order valence-corrected chi connectivity index (χ4v) is 1.31. The number of hydrogen-bond donors (Lipinski definition) is 1. The zero-order valence-electron chi connectivity index (χ0n) is 6.91. The van der Waals surface area contributed by atoms with Crippen molar-refractivity contribution < 1.29 is 26.3 Å². The molecule has 5 heteroatoms. The molecule has 0 atom stereocenters. The lowest BCUT2D eigenvalue weighted by molar-refractivity contribution is -0.692. The van der Waals surface area contributed by atoms with Crippen LogP contribution >= 0.6 is 15.9 Å². The van der Waals surface area contributed by atoms with Crippen molar-refractivity contribution in [1.29, 1.82) is 0 Å². The Morgan fingerprint density at radius 1 is 1.62 bits per heavy atom. The number of hydrogen-bond acceptors (Lipinski definition) is 1. The molecule has 1 heterocycles. The predicted molar refractivity (Wildman–Crippen MR) is 48.9 cm³/mol. The molecule has 0 aliphatic heterocycles. The summed E-state index contributed by atoms with van der Waals surface area (Å²) in [5.74, 6) is -0.390. The van der Waals surface area contributed by atoms with E-state index >= 15 is 0 Å². The SMILES string of the molecule is NC(=O)c1ccc[n+](CCBr)c1.[Br-]. The predicted octanol–water partition coefficient (Wildman–Crippen LogP) is -2.53. The average molecular weight is 310 g/mol. The van der Waals surface area contributed by atoms with Crippen molar-refractivity contribution in [2.45, 2.75) is 6.54 Å². The third-order valence-electron chi connectivity index (χ3n) is 1.49. The summed E-state index contributed by atoms with van der Waals surface area (Å²) >= 11 is 3.31.